The van der Waals surface area contributed by atoms with Gasteiger partial charge in [0.1, 0.15) is 0 Å². The van der Waals surface area contributed by atoms with E-state index in [4.69, 9.17) is 4.74 Å². The van der Waals surface area contributed by atoms with Crippen molar-refractivity contribution in [3.8, 4) is 0 Å². The van der Waals surface area contributed by atoms with E-state index in [2.05, 4.69) is 51.6 Å². The van der Waals surface area contributed by atoms with Gasteiger partial charge in [0.05, 0.1) is 25.0 Å². The minimum atomic E-state index is -0.00710. The molecule has 0 saturated carbocycles. The molecule has 1 fully saturated rings. The number of nitrogens with one attached hydrogen (secondary N) is 1. The number of aryl methyl sites for hydroxylation is 1. The third-order valence-corrected chi connectivity index (χ3v) is 6.39. The molecule has 1 aromatic carbocycles. The van der Waals surface area contributed by atoms with Gasteiger partial charge in [0.2, 0.25) is 11.0 Å². The average Bonchev–Trinajstić information content (AvgIpc) is 3.16. The van der Waals surface area contributed by atoms with Gasteiger partial charge in [0.15, 0.2) is 4.34 Å². The van der Waals surface area contributed by atoms with Crippen LogP contribution in [0.25, 0.3) is 0 Å². The predicted octanol–water partition coefficient (Wildman–Crippen LogP) is 2.91. The fourth-order valence-electron chi connectivity index (χ4n) is 2.68. The van der Waals surface area contributed by atoms with Crippen LogP contribution < -0.4 is 10.2 Å². The van der Waals surface area contributed by atoms with E-state index in [0.29, 0.717) is 5.75 Å². The van der Waals surface area contributed by atoms with Crippen molar-refractivity contribution in [1.29, 1.82) is 0 Å². The summed E-state index contributed by atoms with van der Waals surface area (Å²) in [7, 11) is 0. The molecule has 3 rings (SSSR count). The van der Waals surface area contributed by atoms with Crippen LogP contribution in [0, 0.1) is 0 Å². The lowest BCUT2D eigenvalue weighted by molar-refractivity contribution is -0.119. The molecule has 1 aliphatic rings. The molecule has 0 spiro atoms. The number of carbonyl (C=O) groups is 1. The lowest BCUT2D eigenvalue weighted by Crippen LogP contribution is -2.36. The molecule has 1 aliphatic heterocycles. The van der Waals surface area contributed by atoms with Crippen LogP contribution in [0.5, 0.6) is 0 Å². The molecule has 140 valence electrons. The zero-order valence-corrected chi connectivity index (χ0v) is 16.7. The molecule has 0 bridgehead atoms. The Morgan fingerprint density at radius 2 is 2.04 bits per heavy atom. The fourth-order valence-corrected chi connectivity index (χ4v) is 4.38. The van der Waals surface area contributed by atoms with Crippen molar-refractivity contribution in [3.05, 3.63) is 35.4 Å². The van der Waals surface area contributed by atoms with Crippen LogP contribution in [-0.2, 0) is 16.0 Å². The molecule has 0 aliphatic carbocycles. The van der Waals surface area contributed by atoms with Gasteiger partial charge in [-0.1, -0.05) is 54.3 Å². The molecule has 1 saturated heterocycles. The van der Waals surface area contributed by atoms with E-state index in [0.717, 1.165) is 47.8 Å². The van der Waals surface area contributed by atoms with Gasteiger partial charge in [-0.25, -0.2) is 0 Å². The smallest absolute Gasteiger partial charge is 0.230 e. The SMILES string of the molecule is CCc1ccc(C(C)NC(=O)CSc2nnc(N3CCOCC3)s2)cc1. The first kappa shape index (κ1) is 19.1. The van der Waals surface area contributed by atoms with Crippen molar-refractivity contribution in [2.45, 2.75) is 30.6 Å². The number of ether oxygens (including phenoxy) is 1. The fraction of sp³-hybridized carbons (Fsp3) is 0.500. The lowest BCUT2D eigenvalue weighted by atomic mass is 10.1. The summed E-state index contributed by atoms with van der Waals surface area (Å²) >= 11 is 2.96. The normalized spacial score (nSPS) is 15.7. The first-order chi connectivity index (χ1) is 12.7. The number of aromatic nitrogens is 2. The number of carbonyl (C=O) groups excluding carboxylic acids is 1. The molecule has 2 heterocycles. The molecular weight excluding hydrogens is 368 g/mol. The van der Waals surface area contributed by atoms with Gasteiger partial charge in [-0.3, -0.25) is 4.79 Å². The molecular formula is C18H24N4O2S2. The summed E-state index contributed by atoms with van der Waals surface area (Å²) in [6, 6.07) is 8.38. The molecule has 2 aromatic rings. The van der Waals surface area contributed by atoms with Gasteiger partial charge in [-0.15, -0.1) is 10.2 Å². The van der Waals surface area contributed by atoms with Crippen molar-refractivity contribution in [2.24, 2.45) is 0 Å². The minimum Gasteiger partial charge on any atom is -0.378 e. The molecule has 8 heteroatoms. The van der Waals surface area contributed by atoms with Crippen LogP contribution in [0.15, 0.2) is 28.6 Å². The summed E-state index contributed by atoms with van der Waals surface area (Å²) in [6.45, 7) is 7.27. The zero-order chi connectivity index (χ0) is 18.4. The van der Waals surface area contributed by atoms with Crippen molar-refractivity contribution in [2.75, 3.05) is 37.0 Å². The number of rotatable bonds is 7. The average molecular weight is 393 g/mol. The first-order valence-electron chi connectivity index (χ1n) is 8.83. The Bertz CT molecular complexity index is 714. The zero-order valence-electron chi connectivity index (χ0n) is 15.1. The van der Waals surface area contributed by atoms with Gasteiger partial charge in [0.25, 0.3) is 0 Å². The highest BCUT2D eigenvalue weighted by atomic mass is 32.2. The molecule has 1 atom stereocenters. The number of nitrogens with zero attached hydrogens (tertiary/aromatic N) is 3. The second-order valence-electron chi connectivity index (χ2n) is 6.12. The van der Waals surface area contributed by atoms with E-state index < -0.39 is 0 Å². The van der Waals surface area contributed by atoms with Crippen LogP contribution in [0.2, 0.25) is 0 Å². The lowest BCUT2D eigenvalue weighted by Gasteiger charge is -2.25. The van der Waals surface area contributed by atoms with Crippen LogP contribution in [0.3, 0.4) is 0 Å². The van der Waals surface area contributed by atoms with E-state index in [-0.39, 0.29) is 11.9 Å². The number of morpholine rings is 1. The number of benzene rings is 1. The van der Waals surface area contributed by atoms with E-state index in [1.807, 2.05) is 6.92 Å². The quantitative estimate of drug-likeness (QED) is 0.731. The summed E-state index contributed by atoms with van der Waals surface area (Å²) in [5.41, 5.74) is 2.42. The molecule has 1 N–H and O–H groups in total. The Kier molecular flexibility index (Phi) is 6.87. The topological polar surface area (TPSA) is 67.4 Å². The van der Waals surface area contributed by atoms with Crippen molar-refractivity contribution in [1.82, 2.24) is 15.5 Å². The maximum Gasteiger partial charge on any atom is 0.230 e. The number of hydrogen-bond acceptors (Lipinski definition) is 7. The van der Waals surface area contributed by atoms with Crippen molar-refractivity contribution >= 4 is 34.1 Å². The highest BCUT2D eigenvalue weighted by Gasteiger charge is 2.17. The van der Waals surface area contributed by atoms with Crippen molar-refractivity contribution in [3.63, 3.8) is 0 Å². The summed E-state index contributed by atoms with van der Waals surface area (Å²) in [6.07, 6.45) is 1.02. The van der Waals surface area contributed by atoms with Gasteiger partial charge in [-0.05, 0) is 24.5 Å². The Labute approximate surface area is 162 Å². The summed E-state index contributed by atoms with van der Waals surface area (Å²) in [5.74, 6) is 0.347. The van der Waals surface area contributed by atoms with Gasteiger partial charge in [0, 0.05) is 13.1 Å². The van der Waals surface area contributed by atoms with E-state index in [1.165, 1.54) is 28.7 Å². The van der Waals surface area contributed by atoms with Gasteiger partial charge in [-0.2, -0.15) is 0 Å². The number of hydrogen-bond donors (Lipinski definition) is 1. The van der Waals surface area contributed by atoms with E-state index in [9.17, 15) is 4.79 Å². The summed E-state index contributed by atoms with van der Waals surface area (Å²) < 4.78 is 6.17. The first-order valence-corrected chi connectivity index (χ1v) is 10.6. The van der Waals surface area contributed by atoms with Crippen LogP contribution in [-0.4, -0.2) is 48.2 Å². The Balaban J connectivity index is 1.46. The Morgan fingerprint density at radius 1 is 1.31 bits per heavy atom. The highest BCUT2D eigenvalue weighted by Crippen LogP contribution is 2.28. The molecule has 1 amide bonds. The Morgan fingerprint density at radius 3 is 2.73 bits per heavy atom. The van der Waals surface area contributed by atoms with Crippen LogP contribution in [0.1, 0.15) is 31.0 Å². The summed E-state index contributed by atoms with van der Waals surface area (Å²) in [4.78, 5) is 14.4. The number of amides is 1. The molecule has 0 radical (unpaired) electrons. The molecule has 1 unspecified atom stereocenters. The predicted molar refractivity (Wildman–Crippen MR) is 106 cm³/mol. The second-order valence-corrected chi connectivity index (χ2v) is 8.30. The van der Waals surface area contributed by atoms with E-state index in [1.54, 1.807) is 0 Å². The number of thioether (sulfide) groups is 1. The maximum atomic E-state index is 12.2. The second kappa shape index (κ2) is 9.34. The molecule has 1 aromatic heterocycles. The third-order valence-electron chi connectivity index (χ3n) is 4.27. The number of anilines is 1. The Hall–Kier alpha value is -1.64. The monoisotopic (exact) mass is 392 g/mol. The standard InChI is InChI=1S/C18H24N4O2S2/c1-3-14-4-6-15(7-5-14)13(2)19-16(23)12-25-18-21-20-17(26-18)22-8-10-24-11-9-22/h4-7,13H,3,8-12H2,1-2H3,(H,19,23). The summed E-state index contributed by atoms with van der Waals surface area (Å²) in [5, 5.41) is 12.4. The van der Waals surface area contributed by atoms with Crippen LogP contribution >= 0.6 is 23.1 Å². The van der Waals surface area contributed by atoms with E-state index >= 15 is 0 Å². The maximum absolute atomic E-state index is 12.2. The highest BCUT2D eigenvalue weighted by molar-refractivity contribution is 8.01. The largest absolute Gasteiger partial charge is 0.378 e. The molecule has 6 nitrogen and oxygen atoms in total. The van der Waals surface area contributed by atoms with Crippen molar-refractivity contribution < 1.29 is 9.53 Å². The third kappa shape index (κ3) is 5.18. The van der Waals surface area contributed by atoms with Crippen LogP contribution in [0.4, 0.5) is 5.13 Å². The molecule has 26 heavy (non-hydrogen) atoms. The minimum absolute atomic E-state index is 0.00481. The van der Waals surface area contributed by atoms with Gasteiger partial charge < -0.3 is 15.0 Å². The van der Waals surface area contributed by atoms with Gasteiger partial charge >= 0.3 is 0 Å².